The van der Waals surface area contributed by atoms with Gasteiger partial charge < -0.3 is 5.32 Å². The molecule has 0 amide bonds. The Balaban J connectivity index is 0.000000276. The number of nitrogens with one attached hydrogen (secondary N) is 1. The fourth-order valence-electron chi connectivity index (χ4n) is 8.36. The van der Waals surface area contributed by atoms with Crippen LogP contribution in [-0.2, 0) is 5.41 Å². The fourth-order valence-corrected chi connectivity index (χ4v) is 8.36. The molecule has 0 spiro atoms. The molecule has 1 atom stereocenters. The van der Waals surface area contributed by atoms with Crippen molar-refractivity contribution in [2.24, 2.45) is 0 Å². The van der Waals surface area contributed by atoms with E-state index in [1.54, 1.807) is 0 Å². The Morgan fingerprint density at radius 2 is 0.719 bits per heavy atom. The van der Waals surface area contributed by atoms with E-state index in [0.717, 1.165) is 11.4 Å². The van der Waals surface area contributed by atoms with E-state index in [-0.39, 0.29) is 0 Å². The van der Waals surface area contributed by atoms with Gasteiger partial charge in [-0.05, 0) is 86.3 Å². The Hall–Kier alpha value is -7.22. The second-order valence-electron chi connectivity index (χ2n) is 14.6. The van der Waals surface area contributed by atoms with Crippen molar-refractivity contribution in [3.63, 3.8) is 0 Å². The van der Waals surface area contributed by atoms with Crippen LogP contribution in [0.4, 0.5) is 11.4 Å². The molecule has 10 rings (SSSR count). The van der Waals surface area contributed by atoms with Crippen LogP contribution in [-0.4, -0.2) is 0 Å². The molecule has 0 aliphatic heterocycles. The minimum Gasteiger partial charge on any atom is -0.355 e. The van der Waals surface area contributed by atoms with E-state index in [9.17, 15) is 0 Å². The molecule has 9 aromatic rings. The van der Waals surface area contributed by atoms with Gasteiger partial charge >= 0.3 is 0 Å². The monoisotopic (exact) mass is 729 g/mol. The van der Waals surface area contributed by atoms with E-state index in [2.05, 4.69) is 243 Å². The number of anilines is 2. The highest BCUT2D eigenvalue weighted by molar-refractivity contribution is 5.94. The molecular weight excluding hydrogens is 687 g/mol. The van der Waals surface area contributed by atoms with Crippen LogP contribution in [0.3, 0.4) is 0 Å². The molecule has 0 radical (unpaired) electrons. The van der Waals surface area contributed by atoms with Gasteiger partial charge in [-0.25, -0.2) is 0 Å². The van der Waals surface area contributed by atoms with Crippen molar-refractivity contribution in [3.8, 4) is 44.5 Å². The highest BCUT2D eigenvalue weighted by Crippen LogP contribution is 2.58. The maximum atomic E-state index is 3.80. The number of fused-ring (bicyclic) bond motifs is 3. The summed E-state index contributed by atoms with van der Waals surface area (Å²) < 4.78 is 0. The van der Waals surface area contributed by atoms with E-state index in [1.165, 1.54) is 72.3 Å². The fraction of sp³-hybridized carbons (Fsp3) is 0.0357. The van der Waals surface area contributed by atoms with Gasteiger partial charge in [-0.1, -0.05) is 224 Å². The van der Waals surface area contributed by atoms with Crippen molar-refractivity contribution in [3.05, 3.63) is 264 Å². The van der Waals surface area contributed by atoms with Crippen LogP contribution in [0, 0.1) is 6.92 Å². The van der Waals surface area contributed by atoms with Crippen molar-refractivity contribution >= 4 is 11.4 Å². The van der Waals surface area contributed by atoms with Gasteiger partial charge in [0.1, 0.15) is 0 Å². The average molecular weight is 730 g/mol. The summed E-state index contributed by atoms with van der Waals surface area (Å²) in [6, 6.07) is 84.7. The van der Waals surface area contributed by atoms with Gasteiger partial charge in [0.15, 0.2) is 0 Å². The third-order valence-corrected chi connectivity index (χ3v) is 11.1. The summed E-state index contributed by atoms with van der Waals surface area (Å²) in [6.07, 6.45) is 0. The maximum Gasteiger partial charge on any atom is 0.0714 e. The van der Waals surface area contributed by atoms with Gasteiger partial charge in [-0.3, -0.25) is 0 Å². The zero-order chi connectivity index (χ0) is 38.4. The molecular formula is C56H43N. The highest BCUT2D eigenvalue weighted by Gasteiger charge is 2.46. The normalized spacial score (nSPS) is 13.8. The Bertz CT molecular complexity index is 2700. The summed E-state index contributed by atoms with van der Waals surface area (Å²) in [5.74, 6) is 0. The standard InChI is InChI=1S/C43H31N.C13H12/c1-4-13-31(14-5-1)33-23-27-36(28-24-33)43(35-17-8-3-9-18-35)39-20-11-10-19-38(39)42-40(43)21-12-22-41(42)44-37-29-25-34(26-30-37)32-15-6-2-7-16-32;1-11-7-9-13(10-8-11)12-5-3-2-4-6-12/h1-30,44H;2-10H,1H3. The number of aryl methyl sites for hydroxylation is 1. The van der Waals surface area contributed by atoms with Crippen LogP contribution in [0.2, 0.25) is 0 Å². The third kappa shape index (κ3) is 6.97. The van der Waals surface area contributed by atoms with E-state index < -0.39 is 5.41 Å². The molecule has 0 saturated heterocycles. The predicted molar refractivity (Wildman–Crippen MR) is 241 cm³/mol. The van der Waals surface area contributed by atoms with Crippen molar-refractivity contribution < 1.29 is 0 Å². The molecule has 0 fully saturated rings. The molecule has 1 heteroatoms. The van der Waals surface area contributed by atoms with Crippen LogP contribution >= 0.6 is 0 Å². The summed E-state index contributed by atoms with van der Waals surface area (Å²) in [5.41, 5.74) is 18.1. The highest BCUT2D eigenvalue weighted by atomic mass is 14.9. The van der Waals surface area contributed by atoms with Crippen molar-refractivity contribution in [1.82, 2.24) is 0 Å². The molecule has 9 aromatic carbocycles. The molecule has 0 aromatic heterocycles. The SMILES string of the molecule is Cc1ccc(-c2ccccc2)cc1.c1ccc(-c2ccc(Nc3cccc4c3-c3ccccc3C4(c3ccccc3)c3ccc(-c4ccccc4)cc3)cc2)cc1. The summed E-state index contributed by atoms with van der Waals surface area (Å²) in [4.78, 5) is 0. The van der Waals surface area contributed by atoms with Gasteiger partial charge in [0, 0.05) is 16.9 Å². The van der Waals surface area contributed by atoms with Crippen LogP contribution in [0.15, 0.2) is 237 Å². The number of benzene rings is 9. The zero-order valence-electron chi connectivity index (χ0n) is 32.0. The molecule has 1 aliphatic carbocycles. The molecule has 1 aliphatic rings. The first kappa shape index (κ1) is 35.5. The maximum absolute atomic E-state index is 3.80. The second-order valence-corrected chi connectivity index (χ2v) is 14.6. The van der Waals surface area contributed by atoms with E-state index in [4.69, 9.17) is 0 Å². The summed E-state index contributed by atoms with van der Waals surface area (Å²) >= 11 is 0. The van der Waals surface area contributed by atoms with Gasteiger partial charge in [-0.2, -0.15) is 0 Å². The summed E-state index contributed by atoms with van der Waals surface area (Å²) in [5, 5.41) is 3.80. The minimum atomic E-state index is -0.447. The van der Waals surface area contributed by atoms with Crippen LogP contribution in [0.5, 0.6) is 0 Å². The molecule has 0 bridgehead atoms. The topological polar surface area (TPSA) is 12.0 Å². The van der Waals surface area contributed by atoms with E-state index in [1.807, 2.05) is 6.07 Å². The zero-order valence-corrected chi connectivity index (χ0v) is 32.0. The smallest absolute Gasteiger partial charge is 0.0714 e. The molecule has 0 saturated carbocycles. The van der Waals surface area contributed by atoms with E-state index >= 15 is 0 Å². The third-order valence-electron chi connectivity index (χ3n) is 11.1. The lowest BCUT2D eigenvalue weighted by Gasteiger charge is -2.34. The lowest BCUT2D eigenvalue weighted by molar-refractivity contribution is 0.769. The lowest BCUT2D eigenvalue weighted by Crippen LogP contribution is -2.28. The summed E-state index contributed by atoms with van der Waals surface area (Å²) in [6.45, 7) is 2.11. The number of rotatable bonds is 7. The number of hydrogen-bond acceptors (Lipinski definition) is 1. The van der Waals surface area contributed by atoms with Crippen molar-refractivity contribution in [2.45, 2.75) is 12.3 Å². The Kier molecular flexibility index (Phi) is 9.88. The van der Waals surface area contributed by atoms with Crippen LogP contribution < -0.4 is 5.32 Å². The average Bonchev–Trinajstić information content (AvgIpc) is 3.60. The number of hydrogen-bond donors (Lipinski definition) is 1. The first-order valence-electron chi connectivity index (χ1n) is 19.7. The quantitative estimate of drug-likeness (QED) is 0.172. The van der Waals surface area contributed by atoms with Gasteiger partial charge in [0.05, 0.1) is 5.41 Å². The lowest BCUT2D eigenvalue weighted by atomic mass is 9.67. The van der Waals surface area contributed by atoms with Gasteiger partial charge in [0.2, 0.25) is 0 Å². The van der Waals surface area contributed by atoms with Gasteiger partial charge in [0.25, 0.3) is 0 Å². The second kappa shape index (κ2) is 15.9. The van der Waals surface area contributed by atoms with E-state index in [0.29, 0.717) is 0 Å². The molecule has 1 nitrogen and oxygen atoms in total. The molecule has 1 unspecified atom stereocenters. The van der Waals surface area contributed by atoms with Crippen LogP contribution in [0.1, 0.15) is 27.8 Å². The first-order chi connectivity index (χ1) is 28.2. The van der Waals surface area contributed by atoms with Gasteiger partial charge in [-0.15, -0.1) is 0 Å². The van der Waals surface area contributed by atoms with Crippen LogP contribution in [0.25, 0.3) is 44.5 Å². The molecule has 272 valence electrons. The summed E-state index contributed by atoms with van der Waals surface area (Å²) in [7, 11) is 0. The molecule has 57 heavy (non-hydrogen) atoms. The Morgan fingerprint density at radius 3 is 1.26 bits per heavy atom. The Labute approximate surface area is 336 Å². The predicted octanol–water partition coefficient (Wildman–Crippen LogP) is 14.8. The largest absolute Gasteiger partial charge is 0.355 e. The van der Waals surface area contributed by atoms with Crippen molar-refractivity contribution in [2.75, 3.05) is 5.32 Å². The van der Waals surface area contributed by atoms with Crippen molar-refractivity contribution in [1.29, 1.82) is 0 Å². The molecule has 1 N–H and O–H groups in total. The minimum absolute atomic E-state index is 0.447. The first-order valence-corrected chi connectivity index (χ1v) is 19.7. The molecule has 0 heterocycles. The Morgan fingerprint density at radius 1 is 0.316 bits per heavy atom.